The molecule has 0 spiro atoms. The average molecular weight is 719 g/mol. The van der Waals surface area contributed by atoms with Gasteiger partial charge >= 0.3 is 0 Å². The van der Waals surface area contributed by atoms with Crippen LogP contribution in [0.4, 0.5) is 5.69 Å². The van der Waals surface area contributed by atoms with Gasteiger partial charge < -0.3 is 14.7 Å². The fraction of sp³-hybridized carbons (Fsp3) is 0.595. The van der Waals surface area contributed by atoms with Crippen LogP contribution in [0.25, 0.3) is 0 Å². The molecule has 1 saturated carbocycles. The van der Waals surface area contributed by atoms with Crippen LogP contribution in [-0.4, -0.2) is 63.4 Å². The molecule has 6 nitrogen and oxygen atoms in total. The van der Waals surface area contributed by atoms with Crippen molar-refractivity contribution in [3.05, 3.63) is 70.3 Å². The summed E-state index contributed by atoms with van der Waals surface area (Å²) >= 11 is 10.8. The molecule has 2 N–H and O–H groups in total. The van der Waals surface area contributed by atoms with Gasteiger partial charge in [-0.2, -0.15) is 0 Å². The summed E-state index contributed by atoms with van der Waals surface area (Å²) in [5.74, 6) is 4.96. The zero-order valence-electron chi connectivity index (χ0n) is 28.0. The quantitative estimate of drug-likeness (QED) is 0.302. The molecule has 47 heavy (non-hydrogen) atoms. The fourth-order valence-corrected chi connectivity index (χ4v) is 12.0. The van der Waals surface area contributed by atoms with Gasteiger partial charge in [-0.1, -0.05) is 50.1 Å². The Balaban J connectivity index is 0.00000213. The van der Waals surface area contributed by atoms with Gasteiger partial charge in [0.05, 0.1) is 22.1 Å². The van der Waals surface area contributed by atoms with Crippen LogP contribution in [0.3, 0.4) is 0 Å². The number of benzene rings is 2. The van der Waals surface area contributed by atoms with Crippen LogP contribution in [0.2, 0.25) is 5.02 Å². The van der Waals surface area contributed by atoms with Crippen molar-refractivity contribution >= 4 is 57.7 Å². The number of fused-ring (bicyclic) bond motifs is 2. The summed E-state index contributed by atoms with van der Waals surface area (Å²) < 4.78 is 23.3. The van der Waals surface area contributed by atoms with Crippen molar-refractivity contribution in [1.82, 2.24) is 4.72 Å². The zero-order chi connectivity index (χ0) is 33.3. The largest absolute Gasteiger partial charge is 0.491 e. The standard InChI is InChI=1S/C36H47ClN2O3S3.CH4O/c1-3-8-24-19-28(37)13-15-30(24)27-22-39-21-26-11-14-31(26)32(36-43-17-7-18-44-36)10-6-5-9-29(4-2)45(41)38-35(40)25-12-16-34(42-23-27)33(39)20-25;1-2/h6,10,12-13,15-16,19-20,26-27,29,31-32,36H,3-5,7-9,11,14,17-18,21-23H2,1-2H3,(H,38,40);2H,1H3/b10-6+;. The van der Waals surface area contributed by atoms with Crippen molar-refractivity contribution in [2.24, 2.45) is 17.8 Å². The van der Waals surface area contributed by atoms with Gasteiger partial charge in [-0.15, -0.1) is 23.5 Å². The number of allylic oxidation sites excluding steroid dienone is 2. The summed E-state index contributed by atoms with van der Waals surface area (Å²) in [7, 11) is -0.445. The van der Waals surface area contributed by atoms with Crippen molar-refractivity contribution in [2.75, 3.05) is 43.2 Å². The number of nitrogens with one attached hydrogen (secondary N) is 1. The minimum atomic E-state index is -1.44. The Morgan fingerprint density at radius 3 is 2.60 bits per heavy atom. The summed E-state index contributed by atoms with van der Waals surface area (Å²) in [6.07, 6.45) is 13.2. The third-order valence-electron chi connectivity index (χ3n) is 10.1. The maximum atomic E-state index is 13.4. The third kappa shape index (κ3) is 8.94. The number of thioether (sulfide) groups is 2. The number of aliphatic hydroxyl groups is 1. The minimum absolute atomic E-state index is 0.0713. The van der Waals surface area contributed by atoms with Gasteiger partial charge in [-0.25, -0.2) is 4.21 Å². The monoisotopic (exact) mass is 718 g/mol. The van der Waals surface area contributed by atoms with E-state index in [1.165, 1.54) is 41.9 Å². The number of carbonyl (C=O) groups excluding carboxylic acids is 1. The molecule has 258 valence electrons. The molecule has 2 bridgehead atoms. The van der Waals surface area contributed by atoms with E-state index in [9.17, 15) is 9.00 Å². The zero-order valence-corrected chi connectivity index (χ0v) is 31.2. The van der Waals surface area contributed by atoms with Gasteiger partial charge in [0.15, 0.2) is 0 Å². The van der Waals surface area contributed by atoms with Gasteiger partial charge in [0.1, 0.15) is 16.7 Å². The molecule has 6 unspecified atom stereocenters. The van der Waals surface area contributed by atoms with Gasteiger partial charge in [0.2, 0.25) is 0 Å². The Hall–Kier alpha value is -1.65. The average Bonchev–Trinajstić information content (AvgIpc) is 3.26. The first-order valence-electron chi connectivity index (χ1n) is 17.3. The van der Waals surface area contributed by atoms with Crippen molar-refractivity contribution < 1.29 is 18.8 Å². The normalized spacial score (nSPS) is 29.1. The number of rotatable bonds is 5. The van der Waals surface area contributed by atoms with E-state index in [1.807, 2.05) is 24.3 Å². The number of ether oxygens (including phenoxy) is 1. The Kier molecular flexibility index (Phi) is 13.9. The molecule has 6 atom stereocenters. The van der Waals surface area contributed by atoms with Gasteiger partial charge in [0, 0.05) is 42.6 Å². The van der Waals surface area contributed by atoms with E-state index in [1.54, 1.807) is 0 Å². The molecule has 10 heteroatoms. The van der Waals surface area contributed by atoms with Crippen LogP contribution in [0.1, 0.15) is 86.2 Å². The first-order valence-corrected chi connectivity index (χ1v) is 21.0. The smallest absolute Gasteiger partial charge is 0.263 e. The van der Waals surface area contributed by atoms with Crippen molar-refractivity contribution in [3.8, 4) is 5.75 Å². The van der Waals surface area contributed by atoms with Crippen molar-refractivity contribution in [1.29, 1.82) is 0 Å². The molecular weight excluding hydrogens is 668 g/mol. The maximum Gasteiger partial charge on any atom is 0.263 e. The van der Waals surface area contributed by atoms with E-state index >= 15 is 0 Å². The molecule has 0 aromatic heterocycles. The molecule has 3 heterocycles. The van der Waals surface area contributed by atoms with Crippen molar-refractivity contribution in [3.63, 3.8) is 0 Å². The highest BCUT2D eigenvalue weighted by Crippen LogP contribution is 2.50. The topological polar surface area (TPSA) is 78.9 Å². The molecule has 6 rings (SSSR count). The molecule has 0 radical (unpaired) electrons. The number of amides is 1. The van der Waals surface area contributed by atoms with Gasteiger partial charge in [-0.3, -0.25) is 9.52 Å². The molecule has 1 amide bonds. The minimum Gasteiger partial charge on any atom is -0.491 e. The number of hydrogen-bond acceptors (Lipinski definition) is 7. The fourth-order valence-electron chi connectivity index (χ4n) is 7.46. The molecule has 2 aromatic carbocycles. The van der Waals surface area contributed by atoms with E-state index in [0.29, 0.717) is 34.5 Å². The number of halogens is 1. The van der Waals surface area contributed by atoms with Crippen molar-refractivity contribution in [2.45, 2.75) is 81.0 Å². The highest BCUT2D eigenvalue weighted by molar-refractivity contribution is 8.17. The Labute approximate surface area is 297 Å². The highest BCUT2D eigenvalue weighted by Gasteiger charge is 2.42. The van der Waals surface area contributed by atoms with Crippen LogP contribution >= 0.6 is 35.1 Å². The van der Waals surface area contributed by atoms with E-state index in [-0.39, 0.29) is 17.1 Å². The lowest BCUT2D eigenvalue weighted by atomic mass is 9.67. The maximum absolute atomic E-state index is 13.4. The third-order valence-corrected chi connectivity index (χ3v) is 15.0. The Bertz CT molecular complexity index is 1400. The summed E-state index contributed by atoms with van der Waals surface area (Å²) in [6.45, 7) is 6.60. The van der Waals surface area contributed by atoms with Crippen LogP contribution in [0, 0.1) is 17.8 Å². The van der Waals surface area contributed by atoms with E-state index in [0.717, 1.165) is 68.8 Å². The molecule has 2 aromatic rings. The van der Waals surface area contributed by atoms with Gasteiger partial charge in [0.25, 0.3) is 5.91 Å². The lowest BCUT2D eigenvalue weighted by Crippen LogP contribution is -2.44. The number of nitrogens with zero attached hydrogens (tertiary/aromatic N) is 1. The van der Waals surface area contributed by atoms with Crippen LogP contribution in [0.15, 0.2) is 48.6 Å². The van der Waals surface area contributed by atoms with E-state index < -0.39 is 11.0 Å². The highest BCUT2D eigenvalue weighted by atomic mass is 35.5. The number of aryl methyl sites for hydroxylation is 1. The van der Waals surface area contributed by atoms with Crippen LogP contribution < -0.4 is 14.4 Å². The first-order chi connectivity index (χ1) is 22.9. The van der Waals surface area contributed by atoms with E-state index in [4.69, 9.17) is 21.4 Å². The predicted octanol–water partition coefficient (Wildman–Crippen LogP) is 8.24. The van der Waals surface area contributed by atoms with E-state index in [2.05, 4.69) is 71.3 Å². The summed E-state index contributed by atoms with van der Waals surface area (Å²) in [5, 5.41) is 7.70. The Morgan fingerprint density at radius 1 is 1.06 bits per heavy atom. The lowest BCUT2D eigenvalue weighted by Gasteiger charge is -2.46. The molecule has 1 aliphatic carbocycles. The van der Waals surface area contributed by atoms with Gasteiger partial charge in [-0.05, 0) is 110 Å². The Morgan fingerprint density at radius 2 is 1.87 bits per heavy atom. The number of hydrogen-bond donors (Lipinski definition) is 2. The summed E-state index contributed by atoms with van der Waals surface area (Å²) in [4.78, 5) is 15.9. The molecule has 4 aliphatic rings. The second-order valence-corrected chi connectivity index (χ2v) is 17.7. The molecular formula is C37H51ClN2O4S3. The second kappa shape index (κ2) is 17.8. The SMILES string of the molecule is CCCc1cc(Cl)ccc1C1COc2ccc3cc2N(C1)CC1CCC1C(C1SCCCS1)/C=C/CCC(CC)S(=O)NC3=O.CO. The summed E-state index contributed by atoms with van der Waals surface area (Å²) in [5.41, 5.74) is 4.11. The summed E-state index contributed by atoms with van der Waals surface area (Å²) in [6, 6.07) is 12.1. The number of carbonyl (C=O) groups is 1. The first kappa shape index (κ1) is 36.6. The lowest BCUT2D eigenvalue weighted by molar-refractivity contribution is 0.0982. The molecule has 3 aliphatic heterocycles. The second-order valence-electron chi connectivity index (χ2n) is 13.0. The van der Waals surface area contributed by atoms with Crippen LogP contribution in [0.5, 0.6) is 5.75 Å². The van der Waals surface area contributed by atoms with Crippen LogP contribution in [-0.2, 0) is 17.4 Å². The molecule has 1 saturated heterocycles. The number of anilines is 1. The predicted molar refractivity (Wildman–Crippen MR) is 202 cm³/mol. The number of aliphatic hydroxyl groups excluding tert-OH is 1. The molecule has 2 fully saturated rings.